The first kappa shape index (κ1) is 26.1. The fourth-order valence-electron chi connectivity index (χ4n) is 2.66. The molecule has 0 radical (unpaired) electrons. The van der Waals surface area contributed by atoms with E-state index in [1.807, 2.05) is 0 Å². The summed E-state index contributed by atoms with van der Waals surface area (Å²) >= 11 is 0. The number of hydrogen-bond donors (Lipinski definition) is 2. The largest absolute Gasteiger partial charge is 1.00 e. The van der Waals surface area contributed by atoms with Crippen molar-refractivity contribution in [2.45, 2.75) is 96.4 Å². The molecule has 0 bridgehead atoms. The minimum atomic E-state index is -1.34. The summed E-state index contributed by atoms with van der Waals surface area (Å²) in [5.41, 5.74) is 0. The molecule has 2 N–H and O–H groups in total. The van der Waals surface area contributed by atoms with E-state index < -0.39 is 24.4 Å². The summed E-state index contributed by atoms with van der Waals surface area (Å²) in [6.07, 6.45) is 14.6. The Bertz CT molecular complexity index is 313. The van der Waals surface area contributed by atoms with Gasteiger partial charge in [-0.3, -0.25) is 4.79 Å². The molecule has 0 spiro atoms. The Morgan fingerprint density at radius 2 is 1.29 bits per heavy atom. The fourth-order valence-corrected chi connectivity index (χ4v) is 2.66. The van der Waals surface area contributed by atoms with E-state index in [0.29, 0.717) is 6.54 Å². The molecule has 0 aromatic heterocycles. The molecular formula is C18H34NNaO4. The van der Waals surface area contributed by atoms with Gasteiger partial charge in [-0.15, -0.1) is 0 Å². The van der Waals surface area contributed by atoms with Crippen molar-refractivity contribution in [3.63, 3.8) is 0 Å². The molecule has 136 valence electrons. The third kappa shape index (κ3) is 18.2. The maximum atomic E-state index is 10.7. The standard InChI is InChI=1S/C18H35NO4.Na/c1-2-3-4-5-6-7-8-9-10-11-12-13-14-19-16(18(22)23)15-17(20)21;/h16,19H,2-15H2,1H3,(H,20,21)(H,22,23);/q;+1/p-1/t16-;/m0./s1. The van der Waals surface area contributed by atoms with Crippen molar-refractivity contribution in [3.05, 3.63) is 0 Å². The van der Waals surface area contributed by atoms with Crippen LogP contribution in [0.15, 0.2) is 0 Å². The summed E-state index contributed by atoms with van der Waals surface area (Å²) in [4.78, 5) is 21.3. The molecule has 0 heterocycles. The van der Waals surface area contributed by atoms with Crippen LogP contribution in [-0.4, -0.2) is 29.6 Å². The molecule has 0 saturated carbocycles. The van der Waals surface area contributed by atoms with Gasteiger partial charge >= 0.3 is 35.5 Å². The first-order valence-electron chi connectivity index (χ1n) is 9.24. The van der Waals surface area contributed by atoms with E-state index in [-0.39, 0.29) is 29.6 Å². The quantitative estimate of drug-likeness (QED) is 0.282. The van der Waals surface area contributed by atoms with Gasteiger partial charge in [-0.2, -0.15) is 0 Å². The zero-order chi connectivity index (χ0) is 17.3. The smallest absolute Gasteiger partial charge is 0.548 e. The summed E-state index contributed by atoms with van der Waals surface area (Å²) in [7, 11) is 0. The fraction of sp³-hybridized carbons (Fsp3) is 0.889. The van der Waals surface area contributed by atoms with Crippen LogP contribution < -0.4 is 40.0 Å². The maximum absolute atomic E-state index is 10.7. The van der Waals surface area contributed by atoms with Gasteiger partial charge in [-0.25, -0.2) is 0 Å². The Labute approximate surface area is 169 Å². The van der Waals surface area contributed by atoms with E-state index in [1.54, 1.807) is 0 Å². The monoisotopic (exact) mass is 351 g/mol. The van der Waals surface area contributed by atoms with Gasteiger partial charge in [0.15, 0.2) is 0 Å². The van der Waals surface area contributed by atoms with Gasteiger partial charge in [0, 0.05) is 0 Å². The number of nitrogens with one attached hydrogen (secondary N) is 1. The van der Waals surface area contributed by atoms with E-state index in [1.165, 1.54) is 57.8 Å². The number of aliphatic carboxylic acids is 2. The van der Waals surface area contributed by atoms with Crippen LogP contribution in [0.3, 0.4) is 0 Å². The Morgan fingerprint density at radius 1 is 0.875 bits per heavy atom. The van der Waals surface area contributed by atoms with Gasteiger partial charge in [0.1, 0.15) is 0 Å². The third-order valence-corrected chi connectivity index (χ3v) is 4.08. The van der Waals surface area contributed by atoms with Gasteiger partial charge < -0.3 is 20.3 Å². The summed E-state index contributed by atoms with van der Waals surface area (Å²) in [6, 6.07) is -1.08. The molecule has 0 aliphatic carbocycles. The molecule has 0 amide bonds. The number of rotatable bonds is 17. The molecule has 5 nitrogen and oxygen atoms in total. The van der Waals surface area contributed by atoms with Gasteiger partial charge in [0.25, 0.3) is 0 Å². The van der Waals surface area contributed by atoms with Crippen LogP contribution >= 0.6 is 0 Å². The number of hydrogen-bond acceptors (Lipinski definition) is 4. The number of carbonyl (C=O) groups excluding carboxylic acids is 1. The number of carboxylic acids is 2. The van der Waals surface area contributed by atoms with E-state index in [9.17, 15) is 14.7 Å². The van der Waals surface area contributed by atoms with Crippen LogP contribution in [0.2, 0.25) is 0 Å². The molecule has 0 unspecified atom stereocenters. The summed E-state index contributed by atoms with van der Waals surface area (Å²) in [6.45, 7) is 2.77. The van der Waals surface area contributed by atoms with Gasteiger partial charge in [0.05, 0.1) is 18.4 Å². The second-order valence-electron chi connectivity index (χ2n) is 6.31. The van der Waals surface area contributed by atoms with Crippen LogP contribution in [0.5, 0.6) is 0 Å². The number of unbranched alkanes of at least 4 members (excludes halogenated alkanes) is 11. The second-order valence-corrected chi connectivity index (χ2v) is 6.31. The average Bonchev–Trinajstić information content (AvgIpc) is 2.50. The zero-order valence-electron chi connectivity index (χ0n) is 15.6. The Balaban J connectivity index is 0. The minimum absolute atomic E-state index is 0. The summed E-state index contributed by atoms with van der Waals surface area (Å²) in [5, 5.41) is 22.1. The van der Waals surface area contributed by atoms with Crippen LogP contribution in [0.4, 0.5) is 0 Å². The van der Waals surface area contributed by atoms with Crippen molar-refractivity contribution < 1.29 is 49.4 Å². The van der Waals surface area contributed by atoms with Gasteiger partial charge in [-0.1, -0.05) is 77.6 Å². The van der Waals surface area contributed by atoms with Crippen LogP contribution in [0.25, 0.3) is 0 Å². The van der Waals surface area contributed by atoms with Crippen LogP contribution in [0.1, 0.15) is 90.4 Å². The molecule has 0 aromatic rings. The maximum Gasteiger partial charge on any atom is 1.00 e. The molecular weight excluding hydrogens is 317 g/mol. The molecule has 0 rings (SSSR count). The Morgan fingerprint density at radius 3 is 1.67 bits per heavy atom. The topological polar surface area (TPSA) is 89.5 Å². The SMILES string of the molecule is CCCCCCCCCCCCCCN[C@@H](CC(=O)O)C(=O)[O-].[Na+]. The molecule has 0 aliphatic rings. The van der Waals surface area contributed by atoms with Crippen molar-refractivity contribution in [1.29, 1.82) is 0 Å². The first-order chi connectivity index (χ1) is 11.1. The second kappa shape index (κ2) is 19.2. The number of carbonyl (C=O) groups is 2. The minimum Gasteiger partial charge on any atom is -0.548 e. The van der Waals surface area contributed by atoms with Crippen molar-refractivity contribution in [1.82, 2.24) is 5.32 Å². The molecule has 0 fully saturated rings. The molecule has 0 aromatic carbocycles. The summed E-state index contributed by atoms with van der Waals surface area (Å²) in [5.74, 6) is -2.47. The van der Waals surface area contributed by atoms with E-state index in [0.717, 1.165) is 19.3 Å². The van der Waals surface area contributed by atoms with E-state index >= 15 is 0 Å². The molecule has 24 heavy (non-hydrogen) atoms. The van der Waals surface area contributed by atoms with Crippen molar-refractivity contribution in [3.8, 4) is 0 Å². The molecule has 6 heteroatoms. The average molecular weight is 351 g/mol. The molecule has 1 atom stereocenters. The van der Waals surface area contributed by atoms with Crippen LogP contribution in [0, 0.1) is 0 Å². The normalized spacial score (nSPS) is 11.7. The Kier molecular flexibility index (Phi) is 20.9. The van der Waals surface area contributed by atoms with E-state index in [2.05, 4.69) is 12.2 Å². The molecule has 0 saturated heterocycles. The predicted octanol–water partition coefficient (Wildman–Crippen LogP) is -0.126. The van der Waals surface area contributed by atoms with Crippen LogP contribution in [-0.2, 0) is 9.59 Å². The van der Waals surface area contributed by atoms with Crippen molar-refractivity contribution >= 4 is 11.9 Å². The number of carboxylic acid groups (broad SMARTS) is 2. The predicted molar refractivity (Wildman–Crippen MR) is 90.1 cm³/mol. The first-order valence-corrected chi connectivity index (χ1v) is 9.24. The molecule has 0 aliphatic heterocycles. The third-order valence-electron chi connectivity index (χ3n) is 4.08. The zero-order valence-corrected chi connectivity index (χ0v) is 17.6. The van der Waals surface area contributed by atoms with Crippen molar-refractivity contribution in [2.75, 3.05) is 6.54 Å². The van der Waals surface area contributed by atoms with Gasteiger partial charge in [0.2, 0.25) is 0 Å². The van der Waals surface area contributed by atoms with E-state index in [4.69, 9.17) is 5.11 Å². The Hall–Kier alpha value is -0.100. The van der Waals surface area contributed by atoms with Crippen molar-refractivity contribution in [2.24, 2.45) is 0 Å². The summed E-state index contributed by atoms with van der Waals surface area (Å²) < 4.78 is 0. The van der Waals surface area contributed by atoms with Gasteiger partial charge in [-0.05, 0) is 13.0 Å².